The Bertz CT molecular complexity index is 1320. The quantitative estimate of drug-likeness (QED) is 0.213. The van der Waals surface area contributed by atoms with E-state index in [-0.39, 0.29) is 28.5 Å². The van der Waals surface area contributed by atoms with Crippen molar-refractivity contribution in [3.63, 3.8) is 0 Å². The van der Waals surface area contributed by atoms with Gasteiger partial charge in [-0.1, -0.05) is 23.9 Å². The molecule has 0 bridgehead atoms. The van der Waals surface area contributed by atoms with Gasteiger partial charge in [-0.2, -0.15) is 0 Å². The fourth-order valence-corrected chi connectivity index (χ4v) is 4.31. The summed E-state index contributed by atoms with van der Waals surface area (Å²) in [5.41, 5.74) is 2.76. The lowest BCUT2D eigenvalue weighted by Gasteiger charge is -2.16. The van der Waals surface area contributed by atoms with Gasteiger partial charge in [-0.25, -0.2) is 9.59 Å². The monoisotopic (exact) mass is 538 g/mol. The maximum atomic E-state index is 12.7. The number of ether oxygens (including phenoxy) is 3. The third-order valence-electron chi connectivity index (χ3n) is 5.60. The van der Waals surface area contributed by atoms with Crippen LogP contribution in [-0.2, 0) is 20.8 Å². The van der Waals surface area contributed by atoms with E-state index in [1.165, 1.54) is 49.7 Å². The van der Waals surface area contributed by atoms with Crippen molar-refractivity contribution in [2.24, 2.45) is 0 Å². The molecule has 1 aromatic heterocycles. The number of hydrogen-bond donors (Lipinski definition) is 1. The number of anilines is 1. The van der Waals surface area contributed by atoms with Gasteiger partial charge in [0.25, 0.3) is 0 Å². The van der Waals surface area contributed by atoms with E-state index >= 15 is 0 Å². The van der Waals surface area contributed by atoms with Crippen molar-refractivity contribution in [2.75, 3.05) is 25.3 Å². The first-order chi connectivity index (χ1) is 18.2. The molecule has 1 unspecified atom stereocenters. The van der Waals surface area contributed by atoms with Crippen molar-refractivity contribution in [1.29, 1.82) is 0 Å². The fraction of sp³-hybridized carbons (Fsp3) is 0.296. The molecule has 38 heavy (non-hydrogen) atoms. The number of thioether (sulfide) groups is 1. The van der Waals surface area contributed by atoms with Crippen LogP contribution < -0.4 is 10.1 Å². The normalized spacial score (nSPS) is 11.4. The summed E-state index contributed by atoms with van der Waals surface area (Å²) in [4.78, 5) is 36.7. The molecular weight excluding hydrogens is 508 g/mol. The molecule has 0 aliphatic carbocycles. The van der Waals surface area contributed by atoms with Crippen LogP contribution in [0.3, 0.4) is 0 Å². The van der Waals surface area contributed by atoms with Crippen LogP contribution >= 0.6 is 11.8 Å². The van der Waals surface area contributed by atoms with Gasteiger partial charge < -0.3 is 19.5 Å². The van der Waals surface area contributed by atoms with E-state index in [1.807, 2.05) is 43.5 Å². The number of rotatable bonds is 11. The smallest absolute Gasteiger partial charge is 0.337 e. The van der Waals surface area contributed by atoms with E-state index in [0.717, 1.165) is 11.3 Å². The van der Waals surface area contributed by atoms with Gasteiger partial charge in [0.2, 0.25) is 5.91 Å². The third-order valence-corrected chi connectivity index (χ3v) is 6.57. The van der Waals surface area contributed by atoms with E-state index in [0.29, 0.717) is 17.5 Å². The van der Waals surface area contributed by atoms with Gasteiger partial charge in [-0.15, -0.1) is 16.8 Å². The van der Waals surface area contributed by atoms with E-state index in [1.54, 1.807) is 6.08 Å². The molecule has 1 N–H and O–H groups in total. The standard InChI is InChI=1S/C27H30N4O6S/c1-7-10-31-24(18(4)37-22-9-8-16(2)17(3)11-22)29-30-27(31)38-15-23(32)28-21-13-19(25(33)35-5)12-20(14-21)26(34)36-6/h7-9,11-14,18H,1,10,15H2,2-6H3,(H,28,32). The Labute approximate surface area is 225 Å². The summed E-state index contributed by atoms with van der Waals surface area (Å²) in [6.07, 6.45) is 1.32. The molecule has 0 spiro atoms. The lowest BCUT2D eigenvalue weighted by molar-refractivity contribution is -0.113. The molecule has 1 amide bonds. The summed E-state index contributed by atoms with van der Waals surface area (Å²) < 4.78 is 17.4. The number of aryl methyl sites for hydroxylation is 2. The highest BCUT2D eigenvalue weighted by molar-refractivity contribution is 7.99. The number of benzene rings is 2. The molecule has 200 valence electrons. The molecule has 1 atom stereocenters. The van der Waals surface area contributed by atoms with Gasteiger partial charge in [0, 0.05) is 12.2 Å². The minimum absolute atomic E-state index is 0.00230. The maximum absolute atomic E-state index is 12.7. The van der Waals surface area contributed by atoms with E-state index in [2.05, 4.69) is 22.1 Å². The highest BCUT2D eigenvalue weighted by Gasteiger charge is 2.21. The molecule has 3 rings (SSSR count). The van der Waals surface area contributed by atoms with E-state index in [9.17, 15) is 14.4 Å². The number of hydrogen-bond acceptors (Lipinski definition) is 9. The second-order valence-corrected chi connectivity index (χ2v) is 9.31. The Morgan fingerprint density at radius 2 is 1.68 bits per heavy atom. The highest BCUT2D eigenvalue weighted by atomic mass is 32.2. The Kier molecular flexibility index (Phi) is 9.66. The average Bonchev–Trinajstić information content (AvgIpc) is 3.31. The van der Waals surface area contributed by atoms with Crippen LogP contribution in [0.1, 0.15) is 50.7 Å². The number of carbonyl (C=O) groups excluding carboxylic acids is 3. The zero-order chi connectivity index (χ0) is 27.8. The summed E-state index contributed by atoms with van der Waals surface area (Å²) in [6, 6.07) is 10.1. The van der Waals surface area contributed by atoms with Crippen LogP contribution in [0.15, 0.2) is 54.2 Å². The highest BCUT2D eigenvalue weighted by Crippen LogP contribution is 2.26. The molecular formula is C27H30N4O6S. The minimum atomic E-state index is -0.650. The lowest BCUT2D eigenvalue weighted by Crippen LogP contribution is -2.17. The summed E-state index contributed by atoms with van der Waals surface area (Å²) >= 11 is 1.18. The van der Waals surface area contributed by atoms with Crippen LogP contribution in [0.2, 0.25) is 0 Å². The van der Waals surface area contributed by atoms with Crippen molar-refractivity contribution >= 4 is 35.3 Å². The van der Waals surface area contributed by atoms with Crippen molar-refractivity contribution < 1.29 is 28.6 Å². The Morgan fingerprint density at radius 3 is 2.26 bits per heavy atom. The first-order valence-electron chi connectivity index (χ1n) is 11.7. The second-order valence-electron chi connectivity index (χ2n) is 8.37. The number of methoxy groups -OCH3 is 2. The van der Waals surface area contributed by atoms with Crippen LogP contribution in [0, 0.1) is 13.8 Å². The van der Waals surface area contributed by atoms with Crippen molar-refractivity contribution in [3.8, 4) is 5.75 Å². The SMILES string of the molecule is C=CCn1c(SCC(=O)Nc2cc(C(=O)OC)cc(C(=O)OC)c2)nnc1C(C)Oc1ccc(C)c(C)c1. The first-order valence-corrected chi connectivity index (χ1v) is 12.7. The van der Waals surface area contributed by atoms with Crippen LogP contribution in [0.4, 0.5) is 5.69 Å². The topological polar surface area (TPSA) is 122 Å². The number of carbonyl (C=O) groups is 3. The molecule has 0 radical (unpaired) electrons. The van der Waals surface area contributed by atoms with E-state index in [4.69, 9.17) is 14.2 Å². The molecule has 1 heterocycles. The molecule has 10 nitrogen and oxygen atoms in total. The number of amides is 1. The summed E-state index contributed by atoms with van der Waals surface area (Å²) in [7, 11) is 2.45. The maximum Gasteiger partial charge on any atom is 0.337 e. The van der Waals surface area contributed by atoms with Gasteiger partial charge >= 0.3 is 11.9 Å². The van der Waals surface area contributed by atoms with Crippen molar-refractivity contribution in [3.05, 3.63) is 77.1 Å². The zero-order valence-electron chi connectivity index (χ0n) is 21.9. The first kappa shape index (κ1) is 28.5. The predicted octanol–water partition coefficient (Wildman–Crippen LogP) is 4.52. The largest absolute Gasteiger partial charge is 0.483 e. The summed E-state index contributed by atoms with van der Waals surface area (Å²) in [5, 5.41) is 11.8. The predicted molar refractivity (Wildman–Crippen MR) is 144 cm³/mol. The molecule has 3 aromatic rings. The van der Waals surface area contributed by atoms with Crippen LogP contribution in [0.5, 0.6) is 5.75 Å². The average molecular weight is 539 g/mol. The third kappa shape index (κ3) is 7.00. The second kappa shape index (κ2) is 12.9. The van der Waals surface area contributed by atoms with Gasteiger partial charge in [-0.05, 0) is 62.2 Å². The fourth-order valence-electron chi connectivity index (χ4n) is 3.55. The molecule has 11 heteroatoms. The summed E-state index contributed by atoms with van der Waals surface area (Å²) in [5.74, 6) is -0.354. The lowest BCUT2D eigenvalue weighted by atomic mass is 10.1. The molecule has 0 aliphatic rings. The molecule has 0 fully saturated rings. The van der Waals surface area contributed by atoms with Gasteiger partial charge in [-0.3, -0.25) is 9.36 Å². The van der Waals surface area contributed by atoms with Gasteiger partial charge in [0.15, 0.2) is 17.1 Å². The van der Waals surface area contributed by atoms with Crippen molar-refractivity contribution in [1.82, 2.24) is 14.8 Å². The number of nitrogens with one attached hydrogen (secondary N) is 1. The number of aromatic nitrogens is 3. The number of nitrogens with zero attached hydrogens (tertiary/aromatic N) is 3. The molecule has 0 aliphatic heterocycles. The molecule has 0 saturated carbocycles. The number of esters is 2. The summed E-state index contributed by atoms with van der Waals surface area (Å²) in [6.45, 7) is 10.2. The Morgan fingerprint density at radius 1 is 1.03 bits per heavy atom. The van der Waals surface area contributed by atoms with E-state index < -0.39 is 18.0 Å². The van der Waals surface area contributed by atoms with Gasteiger partial charge in [0.1, 0.15) is 5.75 Å². The zero-order valence-corrected chi connectivity index (χ0v) is 22.8. The number of allylic oxidation sites excluding steroid dienone is 1. The van der Waals surface area contributed by atoms with Crippen LogP contribution in [0.25, 0.3) is 0 Å². The van der Waals surface area contributed by atoms with Crippen molar-refractivity contribution in [2.45, 2.75) is 38.6 Å². The van der Waals surface area contributed by atoms with Crippen LogP contribution in [-0.4, -0.2) is 52.6 Å². The molecule has 0 saturated heterocycles. The minimum Gasteiger partial charge on any atom is -0.483 e. The Hall–Kier alpha value is -4.12. The Balaban J connectivity index is 1.73. The van der Waals surface area contributed by atoms with Gasteiger partial charge in [0.05, 0.1) is 31.1 Å². The molecule has 2 aromatic carbocycles.